The van der Waals surface area contributed by atoms with Crippen molar-refractivity contribution in [2.75, 3.05) is 26.9 Å². The van der Waals surface area contributed by atoms with Crippen LogP contribution < -0.4 is 5.32 Å². The van der Waals surface area contributed by atoms with Gasteiger partial charge in [0, 0.05) is 13.2 Å². The first-order valence-electron chi connectivity index (χ1n) is 7.03. The average molecular weight is 283 g/mol. The van der Waals surface area contributed by atoms with E-state index >= 15 is 0 Å². The van der Waals surface area contributed by atoms with Crippen molar-refractivity contribution < 1.29 is 18.7 Å². The molecule has 114 valence electrons. The zero-order chi connectivity index (χ0) is 15.0. The largest absolute Gasteiger partial charge is 0.463 e. The Bertz CT molecular complexity index is 400. The molecule has 0 radical (unpaired) electrons. The highest BCUT2D eigenvalue weighted by Gasteiger charge is 2.14. The molecule has 1 aromatic heterocycles. The lowest BCUT2D eigenvalue weighted by molar-refractivity contribution is 0.0562. The molecule has 0 amide bonds. The quantitative estimate of drug-likeness (QED) is 0.558. The van der Waals surface area contributed by atoms with Gasteiger partial charge in [0.2, 0.25) is 5.76 Å². The molecule has 1 aromatic rings. The SMILES string of the molecule is COC(=O)c1ccc(C(C)NCCOCCC(C)C)o1. The van der Waals surface area contributed by atoms with Crippen molar-refractivity contribution in [2.45, 2.75) is 33.2 Å². The fraction of sp³-hybridized carbons (Fsp3) is 0.667. The van der Waals surface area contributed by atoms with Crippen molar-refractivity contribution in [3.8, 4) is 0 Å². The Balaban J connectivity index is 2.24. The molecule has 20 heavy (non-hydrogen) atoms. The van der Waals surface area contributed by atoms with Crippen LogP contribution in [0.4, 0.5) is 0 Å². The molecule has 1 heterocycles. The predicted molar refractivity (Wildman–Crippen MR) is 76.7 cm³/mol. The summed E-state index contributed by atoms with van der Waals surface area (Å²) in [5, 5.41) is 3.29. The molecule has 5 nitrogen and oxygen atoms in total. The fourth-order valence-electron chi connectivity index (χ4n) is 1.67. The number of carbonyl (C=O) groups is 1. The Morgan fingerprint density at radius 3 is 2.70 bits per heavy atom. The third-order valence-electron chi connectivity index (χ3n) is 2.98. The standard InChI is InChI=1S/C15H25NO4/c1-11(2)7-9-19-10-8-16-12(3)13-5-6-14(20-13)15(17)18-4/h5-6,11-12,16H,7-10H2,1-4H3. The van der Waals surface area contributed by atoms with Gasteiger partial charge in [-0.05, 0) is 31.4 Å². The number of methoxy groups -OCH3 is 1. The monoisotopic (exact) mass is 283 g/mol. The van der Waals surface area contributed by atoms with E-state index < -0.39 is 5.97 Å². The van der Waals surface area contributed by atoms with Gasteiger partial charge in [-0.3, -0.25) is 0 Å². The molecule has 0 saturated carbocycles. The maximum atomic E-state index is 11.3. The van der Waals surface area contributed by atoms with Gasteiger partial charge in [0.15, 0.2) is 0 Å². The fourth-order valence-corrected chi connectivity index (χ4v) is 1.67. The van der Waals surface area contributed by atoms with Crippen LogP contribution in [0.3, 0.4) is 0 Å². The lowest BCUT2D eigenvalue weighted by Crippen LogP contribution is -2.23. The van der Waals surface area contributed by atoms with E-state index in [1.165, 1.54) is 7.11 Å². The minimum atomic E-state index is -0.458. The lowest BCUT2D eigenvalue weighted by atomic mass is 10.1. The summed E-state index contributed by atoms with van der Waals surface area (Å²) in [6.07, 6.45) is 1.08. The van der Waals surface area contributed by atoms with Crippen LogP contribution in [0.2, 0.25) is 0 Å². The van der Waals surface area contributed by atoms with Crippen LogP contribution in [0.25, 0.3) is 0 Å². The summed E-state index contributed by atoms with van der Waals surface area (Å²) in [6, 6.07) is 3.43. The van der Waals surface area contributed by atoms with Crippen molar-refractivity contribution in [3.63, 3.8) is 0 Å². The topological polar surface area (TPSA) is 60.7 Å². The number of hydrogen-bond donors (Lipinski definition) is 1. The van der Waals surface area contributed by atoms with E-state index in [2.05, 4.69) is 23.9 Å². The molecule has 0 aliphatic heterocycles. The normalized spacial score (nSPS) is 12.7. The molecule has 1 atom stereocenters. The number of carbonyl (C=O) groups excluding carboxylic acids is 1. The van der Waals surface area contributed by atoms with Crippen LogP contribution in [-0.2, 0) is 9.47 Å². The Kier molecular flexibility index (Phi) is 7.33. The van der Waals surface area contributed by atoms with Crippen LogP contribution >= 0.6 is 0 Å². The van der Waals surface area contributed by atoms with E-state index in [-0.39, 0.29) is 11.8 Å². The summed E-state index contributed by atoms with van der Waals surface area (Å²) in [6.45, 7) is 8.54. The number of rotatable bonds is 9. The van der Waals surface area contributed by atoms with Crippen molar-refractivity contribution >= 4 is 5.97 Å². The Morgan fingerprint density at radius 1 is 1.30 bits per heavy atom. The first-order chi connectivity index (χ1) is 9.54. The Morgan fingerprint density at radius 2 is 2.05 bits per heavy atom. The second-order valence-corrected chi connectivity index (χ2v) is 5.16. The maximum Gasteiger partial charge on any atom is 0.373 e. The van der Waals surface area contributed by atoms with E-state index in [0.29, 0.717) is 18.3 Å². The summed E-state index contributed by atoms with van der Waals surface area (Å²) >= 11 is 0. The van der Waals surface area contributed by atoms with Crippen molar-refractivity contribution in [2.24, 2.45) is 5.92 Å². The Labute approximate surface area is 120 Å². The van der Waals surface area contributed by atoms with E-state index in [0.717, 1.165) is 19.6 Å². The van der Waals surface area contributed by atoms with Gasteiger partial charge in [0.1, 0.15) is 5.76 Å². The van der Waals surface area contributed by atoms with E-state index in [1.54, 1.807) is 12.1 Å². The number of hydrogen-bond acceptors (Lipinski definition) is 5. The van der Waals surface area contributed by atoms with Gasteiger partial charge in [-0.25, -0.2) is 4.79 Å². The first-order valence-corrected chi connectivity index (χ1v) is 7.03. The van der Waals surface area contributed by atoms with Crippen LogP contribution in [0.5, 0.6) is 0 Å². The zero-order valence-corrected chi connectivity index (χ0v) is 12.8. The zero-order valence-electron chi connectivity index (χ0n) is 12.8. The smallest absolute Gasteiger partial charge is 0.373 e. The second kappa shape index (κ2) is 8.76. The van der Waals surface area contributed by atoms with E-state index in [4.69, 9.17) is 9.15 Å². The summed E-state index contributed by atoms with van der Waals surface area (Å²) in [5.74, 6) is 1.15. The molecule has 0 aromatic carbocycles. The molecule has 1 rings (SSSR count). The van der Waals surface area contributed by atoms with Gasteiger partial charge in [0.05, 0.1) is 19.8 Å². The minimum Gasteiger partial charge on any atom is -0.463 e. The third-order valence-corrected chi connectivity index (χ3v) is 2.98. The Hall–Kier alpha value is -1.33. The molecule has 0 fully saturated rings. The van der Waals surface area contributed by atoms with Gasteiger partial charge in [-0.15, -0.1) is 0 Å². The molecule has 0 aliphatic carbocycles. The maximum absolute atomic E-state index is 11.3. The molecule has 0 aliphatic rings. The minimum absolute atomic E-state index is 0.0297. The predicted octanol–water partition coefficient (Wildman–Crippen LogP) is 2.78. The summed E-state index contributed by atoms with van der Waals surface area (Å²) in [4.78, 5) is 11.3. The highest BCUT2D eigenvalue weighted by molar-refractivity contribution is 5.86. The van der Waals surface area contributed by atoms with E-state index in [9.17, 15) is 4.79 Å². The lowest BCUT2D eigenvalue weighted by Gasteiger charge is -2.12. The number of nitrogens with one attached hydrogen (secondary N) is 1. The molecular formula is C15H25NO4. The molecule has 0 spiro atoms. The van der Waals surface area contributed by atoms with Crippen molar-refractivity contribution in [1.82, 2.24) is 5.32 Å². The molecule has 0 saturated heterocycles. The van der Waals surface area contributed by atoms with Gasteiger partial charge < -0.3 is 19.2 Å². The van der Waals surface area contributed by atoms with Gasteiger partial charge in [-0.2, -0.15) is 0 Å². The molecule has 1 unspecified atom stereocenters. The first kappa shape index (κ1) is 16.7. The van der Waals surface area contributed by atoms with Crippen LogP contribution in [-0.4, -0.2) is 32.8 Å². The molecule has 1 N–H and O–H groups in total. The highest BCUT2D eigenvalue weighted by Crippen LogP contribution is 2.16. The van der Waals surface area contributed by atoms with Crippen LogP contribution in [0.1, 0.15) is 49.5 Å². The number of esters is 1. The summed E-state index contributed by atoms with van der Waals surface area (Å²) in [7, 11) is 1.33. The van der Waals surface area contributed by atoms with Gasteiger partial charge in [-0.1, -0.05) is 13.8 Å². The van der Waals surface area contributed by atoms with Gasteiger partial charge >= 0.3 is 5.97 Å². The third kappa shape index (κ3) is 5.75. The number of furan rings is 1. The molecular weight excluding hydrogens is 258 g/mol. The van der Waals surface area contributed by atoms with Crippen molar-refractivity contribution in [1.29, 1.82) is 0 Å². The summed E-state index contributed by atoms with van der Waals surface area (Å²) in [5.41, 5.74) is 0. The summed E-state index contributed by atoms with van der Waals surface area (Å²) < 4.78 is 15.6. The van der Waals surface area contributed by atoms with Crippen LogP contribution in [0, 0.1) is 5.92 Å². The highest BCUT2D eigenvalue weighted by atomic mass is 16.5. The molecule has 0 bridgehead atoms. The van der Waals surface area contributed by atoms with Crippen molar-refractivity contribution in [3.05, 3.63) is 23.7 Å². The number of ether oxygens (including phenoxy) is 2. The second-order valence-electron chi connectivity index (χ2n) is 5.16. The van der Waals surface area contributed by atoms with Gasteiger partial charge in [0.25, 0.3) is 0 Å². The van der Waals surface area contributed by atoms with Crippen LogP contribution in [0.15, 0.2) is 16.5 Å². The average Bonchev–Trinajstić information content (AvgIpc) is 2.91. The van der Waals surface area contributed by atoms with E-state index in [1.807, 2.05) is 6.92 Å². The molecule has 5 heteroatoms.